The van der Waals surface area contributed by atoms with Gasteiger partial charge in [0.25, 0.3) is 0 Å². The number of nitrogens with two attached hydrogens (primary N) is 1. The fourth-order valence-corrected chi connectivity index (χ4v) is 3.21. The number of piperidine rings is 1. The van der Waals surface area contributed by atoms with Crippen LogP contribution in [0.5, 0.6) is 0 Å². The summed E-state index contributed by atoms with van der Waals surface area (Å²) in [7, 11) is 0. The molecule has 0 aromatic heterocycles. The van der Waals surface area contributed by atoms with Crippen LogP contribution in [0.2, 0.25) is 0 Å². The second-order valence-corrected chi connectivity index (χ2v) is 6.03. The number of nitrogens with zero attached hydrogens (tertiary/aromatic N) is 1. The maximum Gasteiger partial charge on any atom is 0.127 e. The first-order chi connectivity index (χ1) is 10.6. The average molecular weight is 302 g/mol. The minimum Gasteiger partial charge on any atom is -0.327 e. The van der Waals surface area contributed by atoms with Gasteiger partial charge < -0.3 is 5.73 Å². The van der Waals surface area contributed by atoms with Crippen molar-refractivity contribution in [2.75, 3.05) is 13.1 Å². The number of benzene rings is 2. The van der Waals surface area contributed by atoms with Gasteiger partial charge >= 0.3 is 0 Å². The zero-order chi connectivity index (χ0) is 15.5. The van der Waals surface area contributed by atoms with E-state index in [2.05, 4.69) is 4.90 Å². The fraction of sp³-hybridized carbons (Fsp3) is 0.333. The van der Waals surface area contributed by atoms with Gasteiger partial charge in [0.2, 0.25) is 0 Å². The van der Waals surface area contributed by atoms with Crippen LogP contribution in [-0.2, 0) is 6.54 Å². The van der Waals surface area contributed by atoms with Crippen molar-refractivity contribution >= 4 is 0 Å². The topological polar surface area (TPSA) is 29.3 Å². The van der Waals surface area contributed by atoms with Gasteiger partial charge in [-0.3, -0.25) is 4.90 Å². The van der Waals surface area contributed by atoms with Gasteiger partial charge in [-0.15, -0.1) is 0 Å². The van der Waals surface area contributed by atoms with Crippen LogP contribution < -0.4 is 5.73 Å². The molecule has 2 N–H and O–H groups in total. The monoisotopic (exact) mass is 302 g/mol. The molecule has 0 radical (unpaired) electrons. The average Bonchev–Trinajstić information content (AvgIpc) is 2.50. The summed E-state index contributed by atoms with van der Waals surface area (Å²) in [4.78, 5) is 2.18. The van der Waals surface area contributed by atoms with E-state index < -0.39 is 0 Å². The van der Waals surface area contributed by atoms with Crippen LogP contribution in [0.4, 0.5) is 8.78 Å². The highest BCUT2D eigenvalue weighted by atomic mass is 19.1. The van der Waals surface area contributed by atoms with Crippen LogP contribution in [0.1, 0.15) is 23.5 Å². The third kappa shape index (κ3) is 3.51. The van der Waals surface area contributed by atoms with Gasteiger partial charge in [0, 0.05) is 31.2 Å². The summed E-state index contributed by atoms with van der Waals surface area (Å²) < 4.78 is 26.9. The van der Waals surface area contributed by atoms with E-state index in [0.29, 0.717) is 12.1 Å². The molecule has 1 fully saturated rings. The highest BCUT2D eigenvalue weighted by molar-refractivity contribution is 5.23. The molecular formula is C18H20F2N2. The van der Waals surface area contributed by atoms with Crippen molar-refractivity contribution in [1.82, 2.24) is 4.90 Å². The van der Waals surface area contributed by atoms with E-state index in [1.165, 1.54) is 18.2 Å². The summed E-state index contributed by atoms with van der Waals surface area (Å²) in [5.74, 6) is -0.150. The molecule has 1 heterocycles. The summed E-state index contributed by atoms with van der Waals surface area (Å²) in [6.07, 6.45) is 0.874. The van der Waals surface area contributed by atoms with Crippen molar-refractivity contribution in [2.24, 2.45) is 5.73 Å². The quantitative estimate of drug-likeness (QED) is 0.943. The zero-order valence-corrected chi connectivity index (χ0v) is 12.4. The summed E-state index contributed by atoms with van der Waals surface area (Å²) in [6, 6.07) is 13.5. The second kappa shape index (κ2) is 6.55. The maximum atomic E-state index is 13.8. The van der Waals surface area contributed by atoms with Gasteiger partial charge in [0.05, 0.1) is 0 Å². The van der Waals surface area contributed by atoms with Crippen molar-refractivity contribution in [3.8, 4) is 0 Å². The third-order valence-electron chi connectivity index (χ3n) is 4.25. The summed E-state index contributed by atoms with van der Waals surface area (Å²) in [6.45, 7) is 2.12. The minimum absolute atomic E-state index is 0.0515. The summed E-state index contributed by atoms with van der Waals surface area (Å²) >= 11 is 0. The number of hydrogen-bond donors (Lipinski definition) is 1. The molecule has 22 heavy (non-hydrogen) atoms. The Labute approximate surface area is 129 Å². The standard InChI is InChI=1S/C18H20F2N2/c19-16-7-5-13(6-8-16)15-9-17(21)12-22(11-15)10-14-3-1-2-4-18(14)20/h1-8,15,17H,9-12,21H2. The van der Waals surface area contributed by atoms with Crippen molar-refractivity contribution in [3.63, 3.8) is 0 Å². The molecule has 3 rings (SSSR count). The largest absolute Gasteiger partial charge is 0.327 e. The van der Waals surface area contributed by atoms with Crippen molar-refractivity contribution in [2.45, 2.75) is 24.9 Å². The first-order valence-electron chi connectivity index (χ1n) is 7.58. The summed E-state index contributed by atoms with van der Waals surface area (Å²) in [5, 5.41) is 0. The van der Waals surface area contributed by atoms with Crippen LogP contribution in [-0.4, -0.2) is 24.0 Å². The fourth-order valence-electron chi connectivity index (χ4n) is 3.21. The van der Waals surface area contributed by atoms with E-state index in [0.717, 1.165) is 25.1 Å². The Balaban J connectivity index is 1.73. The molecule has 0 bridgehead atoms. The Hall–Kier alpha value is -1.78. The van der Waals surface area contributed by atoms with Crippen molar-refractivity contribution in [1.29, 1.82) is 0 Å². The van der Waals surface area contributed by atoms with Crippen LogP contribution in [0.3, 0.4) is 0 Å². The highest BCUT2D eigenvalue weighted by Crippen LogP contribution is 2.27. The molecule has 0 amide bonds. The van der Waals surface area contributed by atoms with Crippen LogP contribution in [0.25, 0.3) is 0 Å². The Bertz CT molecular complexity index is 627. The van der Waals surface area contributed by atoms with E-state index in [1.807, 2.05) is 24.3 Å². The van der Waals surface area contributed by atoms with Gasteiger partial charge in [-0.05, 0) is 36.1 Å². The van der Waals surface area contributed by atoms with E-state index in [1.54, 1.807) is 6.07 Å². The zero-order valence-electron chi connectivity index (χ0n) is 12.4. The molecule has 2 aromatic rings. The van der Waals surface area contributed by atoms with Gasteiger partial charge in [0.1, 0.15) is 11.6 Å². The molecule has 0 spiro atoms. The molecule has 116 valence electrons. The molecule has 4 heteroatoms. The maximum absolute atomic E-state index is 13.8. The Morgan fingerprint density at radius 3 is 2.45 bits per heavy atom. The molecule has 2 atom stereocenters. The molecular weight excluding hydrogens is 282 g/mol. The minimum atomic E-state index is -0.230. The molecule has 2 nitrogen and oxygen atoms in total. The van der Waals surface area contributed by atoms with E-state index in [4.69, 9.17) is 5.73 Å². The molecule has 2 unspecified atom stereocenters. The number of hydrogen-bond acceptors (Lipinski definition) is 2. The van der Waals surface area contributed by atoms with Gasteiger partial charge in [-0.1, -0.05) is 30.3 Å². The van der Waals surface area contributed by atoms with Gasteiger partial charge in [-0.25, -0.2) is 8.78 Å². The third-order valence-corrected chi connectivity index (χ3v) is 4.25. The lowest BCUT2D eigenvalue weighted by molar-refractivity contribution is 0.179. The first-order valence-corrected chi connectivity index (χ1v) is 7.58. The second-order valence-electron chi connectivity index (χ2n) is 6.03. The van der Waals surface area contributed by atoms with E-state index in [-0.39, 0.29) is 23.6 Å². The first kappa shape index (κ1) is 15.1. The molecule has 0 aliphatic carbocycles. The molecule has 0 saturated carbocycles. The SMILES string of the molecule is NC1CC(c2ccc(F)cc2)CN(Cc2ccccc2F)C1. The van der Waals surface area contributed by atoms with Crippen LogP contribution >= 0.6 is 0 Å². The summed E-state index contributed by atoms with van der Waals surface area (Å²) in [5.41, 5.74) is 7.95. The Morgan fingerprint density at radius 2 is 1.73 bits per heavy atom. The smallest absolute Gasteiger partial charge is 0.127 e. The van der Waals surface area contributed by atoms with Crippen molar-refractivity contribution < 1.29 is 8.78 Å². The lowest BCUT2D eigenvalue weighted by Crippen LogP contribution is -2.45. The van der Waals surface area contributed by atoms with E-state index >= 15 is 0 Å². The molecule has 1 aliphatic heterocycles. The van der Waals surface area contributed by atoms with Gasteiger partial charge in [-0.2, -0.15) is 0 Å². The molecule has 2 aromatic carbocycles. The van der Waals surface area contributed by atoms with Crippen molar-refractivity contribution in [3.05, 3.63) is 71.3 Å². The highest BCUT2D eigenvalue weighted by Gasteiger charge is 2.26. The molecule has 1 saturated heterocycles. The number of likely N-dealkylation sites (tertiary alicyclic amines) is 1. The van der Waals surface area contributed by atoms with Crippen LogP contribution in [0, 0.1) is 11.6 Å². The van der Waals surface area contributed by atoms with E-state index in [9.17, 15) is 8.78 Å². The normalized spacial score (nSPS) is 22.7. The predicted molar refractivity (Wildman–Crippen MR) is 83.4 cm³/mol. The number of rotatable bonds is 3. The molecule has 1 aliphatic rings. The Morgan fingerprint density at radius 1 is 1.00 bits per heavy atom. The number of halogens is 2. The predicted octanol–water partition coefficient (Wildman–Crippen LogP) is 3.28. The Kier molecular flexibility index (Phi) is 4.50. The van der Waals surface area contributed by atoms with Crippen LogP contribution in [0.15, 0.2) is 48.5 Å². The lowest BCUT2D eigenvalue weighted by Gasteiger charge is -2.36. The lowest BCUT2D eigenvalue weighted by atomic mass is 9.88. The van der Waals surface area contributed by atoms with Gasteiger partial charge in [0.15, 0.2) is 0 Å².